The van der Waals surface area contributed by atoms with Crippen LogP contribution in [0.3, 0.4) is 0 Å². The number of benzene rings is 1. The standard InChI is InChI=1S/C15H14N4O3/c1-20-14-11(8-10-4-2-3-5-12(10)16-14)13-17-15-19(18-13)9-21-6-7-22-15/h2-5,8H,6-7,9H2,1H3. The fourth-order valence-electron chi connectivity index (χ4n) is 2.39. The predicted molar refractivity (Wildman–Crippen MR) is 78.8 cm³/mol. The van der Waals surface area contributed by atoms with Crippen LogP contribution in [0.5, 0.6) is 11.9 Å². The summed E-state index contributed by atoms with van der Waals surface area (Å²) in [5, 5.41) is 5.43. The third-order valence-electron chi connectivity index (χ3n) is 3.43. The number of fused-ring (bicyclic) bond motifs is 2. The first-order valence-corrected chi connectivity index (χ1v) is 6.95. The van der Waals surface area contributed by atoms with Crippen molar-refractivity contribution < 1.29 is 14.2 Å². The third-order valence-corrected chi connectivity index (χ3v) is 3.43. The highest BCUT2D eigenvalue weighted by molar-refractivity contribution is 5.84. The molecule has 1 aliphatic heterocycles. The highest BCUT2D eigenvalue weighted by Crippen LogP contribution is 2.30. The van der Waals surface area contributed by atoms with Crippen molar-refractivity contribution in [2.75, 3.05) is 20.3 Å². The molecule has 0 atom stereocenters. The van der Waals surface area contributed by atoms with Crippen molar-refractivity contribution in [3.8, 4) is 23.3 Å². The first-order valence-electron chi connectivity index (χ1n) is 6.95. The van der Waals surface area contributed by atoms with Crippen molar-refractivity contribution in [1.29, 1.82) is 0 Å². The molecule has 1 aliphatic rings. The van der Waals surface area contributed by atoms with Gasteiger partial charge in [0.15, 0.2) is 5.82 Å². The van der Waals surface area contributed by atoms with Crippen molar-refractivity contribution in [2.45, 2.75) is 6.73 Å². The van der Waals surface area contributed by atoms with Crippen LogP contribution in [-0.2, 0) is 11.5 Å². The third kappa shape index (κ3) is 2.15. The molecule has 3 aromatic rings. The number of para-hydroxylation sites is 1. The van der Waals surface area contributed by atoms with Crippen molar-refractivity contribution in [2.24, 2.45) is 0 Å². The second kappa shape index (κ2) is 5.27. The summed E-state index contributed by atoms with van der Waals surface area (Å²) in [5.74, 6) is 0.996. The Morgan fingerprint density at radius 2 is 2.09 bits per heavy atom. The van der Waals surface area contributed by atoms with Crippen LogP contribution in [0.15, 0.2) is 30.3 Å². The highest BCUT2D eigenvalue weighted by atomic mass is 16.6. The average Bonchev–Trinajstić information content (AvgIpc) is 2.84. The number of hydrogen-bond acceptors (Lipinski definition) is 6. The number of ether oxygens (including phenoxy) is 3. The monoisotopic (exact) mass is 298 g/mol. The molecule has 3 heterocycles. The summed E-state index contributed by atoms with van der Waals surface area (Å²) in [7, 11) is 1.58. The molecule has 0 radical (unpaired) electrons. The summed E-state index contributed by atoms with van der Waals surface area (Å²) in [5.41, 5.74) is 1.59. The molecule has 2 aromatic heterocycles. The lowest BCUT2D eigenvalue weighted by molar-refractivity contribution is 0.0738. The van der Waals surface area contributed by atoms with Gasteiger partial charge in [0.25, 0.3) is 0 Å². The number of nitrogens with zero attached hydrogens (tertiary/aromatic N) is 4. The molecule has 0 spiro atoms. The number of rotatable bonds is 2. The van der Waals surface area contributed by atoms with E-state index >= 15 is 0 Å². The van der Waals surface area contributed by atoms with Gasteiger partial charge in [-0.25, -0.2) is 4.98 Å². The van der Waals surface area contributed by atoms with Crippen LogP contribution in [0, 0.1) is 0 Å². The van der Waals surface area contributed by atoms with Gasteiger partial charge in [-0.3, -0.25) is 0 Å². The second-order valence-electron chi connectivity index (χ2n) is 4.84. The van der Waals surface area contributed by atoms with Crippen LogP contribution in [0.1, 0.15) is 0 Å². The van der Waals surface area contributed by atoms with Crippen LogP contribution in [0.2, 0.25) is 0 Å². The Morgan fingerprint density at radius 3 is 3.00 bits per heavy atom. The highest BCUT2D eigenvalue weighted by Gasteiger charge is 2.19. The number of aromatic nitrogens is 4. The van der Waals surface area contributed by atoms with Crippen LogP contribution >= 0.6 is 0 Å². The minimum absolute atomic E-state index is 0.325. The van der Waals surface area contributed by atoms with Crippen LogP contribution in [-0.4, -0.2) is 40.1 Å². The molecule has 0 unspecified atom stereocenters. The van der Waals surface area contributed by atoms with Gasteiger partial charge in [0.1, 0.15) is 13.3 Å². The largest absolute Gasteiger partial charge is 0.480 e. The summed E-state index contributed by atoms with van der Waals surface area (Å²) in [6, 6.07) is 10.3. The minimum atomic E-state index is 0.325. The predicted octanol–water partition coefficient (Wildman–Crippen LogP) is 1.87. The Labute approximate surface area is 126 Å². The molecule has 7 nitrogen and oxygen atoms in total. The SMILES string of the molecule is COc1nc2ccccc2cc1-c1nc2n(n1)COCCO2. The van der Waals surface area contributed by atoms with E-state index in [0.29, 0.717) is 37.7 Å². The summed E-state index contributed by atoms with van der Waals surface area (Å²) >= 11 is 0. The Kier molecular flexibility index (Phi) is 3.12. The maximum Gasteiger partial charge on any atom is 0.317 e. The fraction of sp³-hybridized carbons (Fsp3) is 0.267. The first-order chi connectivity index (χ1) is 10.8. The zero-order chi connectivity index (χ0) is 14.9. The number of hydrogen-bond donors (Lipinski definition) is 0. The molecular weight excluding hydrogens is 284 g/mol. The molecule has 7 heteroatoms. The summed E-state index contributed by atoms with van der Waals surface area (Å²) < 4.78 is 17.9. The molecule has 0 saturated heterocycles. The molecule has 0 N–H and O–H groups in total. The normalized spacial score (nSPS) is 14.2. The van der Waals surface area contributed by atoms with Crippen LogP contribution in [0.4, 0.5) is 0 Å². The quantitative estimate of drug-likeness (QED) is 0.719. The Bertz CT molecular complexity index is 807. The zero-order valence-electron chi connectivity index (χ0n) is 12.0. The summed E-state index contributed by atoms with van der Waals surface area (Å²) in [4.78, 5) is 8.94. The van der Waals surface area contributed by atoms with Crippen molar-refractivity contribution >= 4 is 10.9 Å². The fourth-order valence-corrected chi connectivity index (χ4v) is 2.39. The van der Waals surface area contributed by atoms with E-state index in [1.54, 1.807) is 11.8 Å². The van der Waals surface area contributed by atoms with E-state index in [1.807, 2.05) is 30.3 Å². The molecule has 22 heavy (non-hydrogen) atoms. The second-order valence-corrected chi connectivity index (χ2v) is 4.84. The van der Waals surface area contributed by atoms with E-state index in [2.05, 4.69) is 15.1 Å². The van der Waals surface area contributed by atoms with Crippen LogP contribution < -0.4 is 9.47 Å². The lowest BCUT2D eigenvalue weighted by Crippen LogP contribution is -2.02. The van der Waals surface area contributed by atoms with E-state index in [1.165, 1.54) is 0 Å². The van der Waals surface area contributed by atoms with Gasteiger partial charge >= 0.3 is 6.01 Å². The topological polar surface area (TPSA) is 71.3 Å². The van der Waals surface area contributed by atoms with Crippen LogP contribution in [0.25, 0.3) is 22.3 Å². The molecule has 0 amide bonds. The van der Waals surface area contributed by atoms with Gasteiger partial charge in [0.05, 0.1) is 24.8 Å². The summed E-state index contributed by atoms with van der Waals surface area (Å²) in [6.45, 7) is 1.32. The number of methoxy groups -OCH3 is 1. The van der Waals surface area contributed by atoms with E-state index in [0.717, 1.165) is 16.5 Å². The van der Waals surface area contributed by atoms with Gasteiger partial charge in [0, 0.05) is 5.39 Å². The maximum atomic E-state index is 5.51. The van der Waals surface area contributed by atoms with Gasteiger partial charge in [-0.15, -0.1) is 5.10 Å². The Hall–Kier alpha value is -2.67. The zero-order valence-corrected chi connectivity index (χ0v) is 12.0. The van der Waals surface area contributed by atoms with Gasteiger partial charge < -0.3 is 14.2 Å². The molecule has 0 fully saturated rings. The van der Waals surface area contributed by atoms with Gasteiger partial charge in [-0.05, 0) is 12.1 Å². The molecule has 0 bridgehead atoms. The maximum absolute atomic E-state index is 5.51. The van der Waals surface area contributed by atoms with E-state index in [9.17, 15) is 0 Å². The molecule has 1 aromatic carbocycles. The Morgan fingerprint density at radius 1 is 1.18 bits per heavy atom. The Balaban J connectivity index is 1.86. The van der Waals surface area contributed by atoms with Gasteiger partial charge in [-0.1, -0.05) is 18.2 Å². The van der Waals surface area contributed by atoms with Crippen molar-refractivity contribution in [3.63, 3.8) is 0 Å². The van der Waals surface area contributed by atoms with Gasteiger partial charge in [0.2, 0.25) is 5.88 Å². The van der Waals surface area contributed by atoms with Crippen molar-refractivity contribution in [1.82, 2.24) is 19.7 Å². The number of pyridine rings is 1. The summed E-state index contributed by atoms with van der Waals surface area (Å²) in [6.07, 6.45) is 0. The first kappa shape index (κ1) is 13.0. The van der Waals surface area contributed by atoms with Gasteiger partial charge in [-0.2, -0.15) is 9.67 Å². The average molecular weight is 298 g/mol. The molecular formula is C15H14N4O3. The smallest absolute Gasteiger partial charge is 0.317 e. The van der Waals surface area contributed by atoms with E-state index in [-0.39, 0.29) is 0 Å². The van der Waals surface area contributed by atoms with Crippen molar-refractivity contribution in [3.05, 3.63) is 30.3 Å². The minimum Gasteiger partial charge on any atom is -0.480 e. The van der Waals surface area contributed by atoms with E-state index < -0.39 is 0 Å². The lowest BCUT2D eigenvalue weighted by atomic mass is 10.1. The molecule has 0 saturated carbocycles. The lowest BCUT2D eigenvalue weighted by Gasteiger charge is -2.06. The molecule has 4 rings (SSSR count). The van der Waals surface area contributed by atoms with E-state index in [4.69, 9.17) is 14.2 Å². The molecule has 112 valence electrons. The molecule has 0 aliphatic carbocycles.